The standard InChI is InChI=1S/C15H20BrN3O3/c1-3-17-13(20)10-19(4-2)14(21)9-18-15(22)11-6-5-7-12(16)8-11/h5-8H,3-4,9-10H2,1-2H3,(H,17,20)(H,18,22). The molecular weight excluding hydrogens is 350 g/mol. The van der Waals surface area contributed by atoms with Crippen molar-refractivity contribution in [3.63, 3.8) is 0 Å². The second kappa shape index (κ2) is 9.19. The van der Waals surface area contributed by atoms with Crippen LogP contribution in [0.25, 0.3) is 0 Å². The van der Waals surface area contributed by atoms with E-state index in [-0.39, 0.29) is 30.8 Å². The Labute approximate surface area is 138 Å². The van der Waals surface area contributed by atoms with E-state index in [9.17, 15) is 14.4 Å². The highest BCUT2D eigenvalue weighted by molar-refractivity contribution is 9.10. The number of carbonyl (C=O) groups excluding carboxylic acids is 3. The zero-order chi connectivity index (χ0) is 16.5. The first-order valence-corrected chi connectivity index (χ1v) is 7.85. The molecule has 0 aliphatic carbocycles. The summed E-state index contributed by atoms with van der Waals surface area (Å²) in [6.07, 6.45) is 0. The highest BCUT2D eigenvalue weighted by Crippen LogP contribution is 2.11. The van der Waals surface area contributed by atoms with Crippen LogP contribution in [0, 0.1) is 0 Å². The van der Waals surface area contributed by atoms with E-state index in [4.69, 9.17) is 0 Å². The van der Waals surface area contributed by atoms with Crippen molar-refractivity contribution in [3.05, 3.63) is 34.3 Å². The third kappa shape index (κ3) is 5.85. The molecule has 3 amide bonds. The van der Waals surface area contributed by atoms with Crippen LogP contribution in [0.15, 0.2) is 28.7 Å². The van der Waals surface area contributed by atoms with Crippen molar-refractivity contribution in [2.24, 2.45) is 0 Å². The number of rotatable bonds is 7. The Morgan fingerprint density at radius 2 is 1.91 bits per heavy atom. The van der Waals surface area contributed by atoms with E-state index in [0.717, 1.165) is 4.47 Å². The minimum atomic E-state index is -0.330. The zero-order valence-electron chi connectivity index (χ0n) is 12.7. The van der Waals surface area contributed by atoms with Crippen molar-refractivity contribution in [2.45, 2.75) is 13.8 Å². The molecule has 0 fully saturated rings. The van der Waals surface area contributed by atoms with E-state index in [1.54, 1.807) is 25.1 Å². The summed E-state index contributed by atoms with van der Waals surface area (Å²) in [5.41, 5.74) is 0.467. The molecule has 0 saturated carbocycles. The van der Waals surface area contributed by atoms with Gasteiger partial charge < -0.3 is 15.5 Å². The number of nitrogens with one attached hydrogen (secondary N) is 2. The van der Waals surface area contributed by atoms with Gasteiger partial charge in [0.25, 0.3) is 5.91 Å². The first-order valence-electron chi connectivity index (χ1n) is 7.06. The largest absolute Gasteiger partial charge is 0.355 e. The Morgan fingerprint density at radius 1 is 1.18 bits per heavy atom. The zero-order valence-corrected chi connectivity index (χ0v) is 14.3. The Bertz CT molecular complexity index is 549. The van der Waals surface area contributed by atoms with Crippen molar-refractivity contribution in [1.29, 1.82) is 0 Å². The van der Waals surface area contributed by atoms with Gasteiger partial charge in [-0.1, -0.05) is 22.0 Å². The molecule has 0 unspecified atom stereocenters. The Balaban J connectivity index is 2.53. The van der Waals surface area contributed by atoms with E-state index in [1.807, 2.05) is 13.0 Å². The minimum absolute atomic E-state index is 0.00404. The monoisotopic (exact) mass is 369 g/mol. The van der Waals surface area contributed by atoms with E-state index in [2.05, 4.69) is 26.6 Å². The molecule has 0 saturated heterocycles. The normalized spacial score (nSPS) is 9.95. The quantitative estimate of drug-likeness (QED) is 0.756. The number of benzene rings is 1. The average molecular weight is 370 g/mol. The van der Waals surface area contributed by atoms with Crippen molar-refractivity contribution >= 4 is 33.7 Å². The van der Waals surface area contributed by atoms with Crippen LogP contribution in [0.1, 0.15) is 24.2 Å². The van der Waals surface area contributed by atoms with Gasteiger partial charge in [0.1, 0.15) is 0 Å². The Hall–Kier alpha value is -1.89. The van der Waals surface area contributed by atoms with Gasteiger partial charge in [-0.05, 0) is 32.0 Å². The second-order valence-corrected chi connectivity index (χ2v) is 5.47. The molecule has 0 heterocycles. The molecule has 2 N–H and O–H groups in total. The predicted octanol–water partition coefficient (Wildman–Crippen LogP) is 1.16. The summed E-state index contributed by atoms with van der Waals surface area (Å²) in [4.78, 5) is 36.9. The van der Waals surface area contributed by atoms with Crippen LogP contribution in [0.2, 0.25) is 0 Å². The molecule has 0 aromatic heterocycles. The summed E-state index contributed by atoms with van der Waals surface area (Å²) in [6, 6.07) is 6.89. The van der Waals surface area contributed by atoms with Gasteiger partial charge in [0.2, 0.25) is 11.8 Å². The highest BCUT2D eigenvalue weighted by Gasteiger charge is 2.16. The van der Waals surface area contributed by atoms with Crippen LogP contribution in [0.4, 0.5) is 0 Å². The fourth-order valence-corrected chi connectivity index (χ4v) is 2.20. The van der Waals surface area contributed by atoms with Crippen LogP contribution < -0.4 is 10.6 Å². The smallest absolute Gasteiger partial charge is 0.251 e. The summed E-state index contributed by atoms with van der Waals surface area (Å²) in [5, 5.41) is 5.20. The topological polar surface area (TPSA) is 78.5 Å². The summed E-state index contributed by atoms with van der Waals surface area (Å²) < 4.78 is 0.790. The van der Waals surface area contributed by atoms with Gasteiger partial charge in [-0.2, -0.15) is 0 Å². The lowest BCUT2D eigenvalue weighted by Gasteiger charge is -2.20. The number of amides is 3. The van der Waals surface area contributed by atoms with E-state index >= 15 is 0 Å². The number of hydrogen-bond donors (Lipinski definition) is 2. The van der Waals surface area contributed by atoms with Crippen LogP contribution in [-0.2, 0) is 9.59 Å². The van der Waals surface area contributed by atoms with Crippen molar-refractivity contribution in [3.8, 4) is 0 Å². The number of hydrogen-bond acceptors (Lipinski definition) is 3. The third-order valence-corrected chi connectivity index (χ3v) is 3.42. The minimum Gasteiger partial charge on any atom is -0.355 e. The fourth-order valence-electron chi connectivity index (χ4n) is 1.80. The van der Waals surface area contributed by atoms with Gasteiger partial charge >= 0.3 is 0 Å². The Morgan fingerprint density at radius 3 is 2.50 bits per heavy atom. The lowest BCUT2D eigenvalue weighted by atomic mass is 10.2. The maximum Gasteiger partial charge on any atom is 0.251 e. The third-order valence-electron chi connectivity index (χ3n) is 2.93. The lowest BCUT2D eigenvalue weighted by molar-refractivity contribution is -0.135. The van der Waals surface area contributed by atoms with E-state index in [0.29, 0.717) is 18.7 Å². The average Bonchev–Trinajstić information content (AvgIpc) is 2.50. The molecule has 120 valence electrons. The van der Waals surface area contributed by atoms with Crippen molar-refractivity contribution < 1.29 is 14.4 Å². The van der Waals surface area contributed by atoms with Crippen molar-refractivity contribution in [2.75, 3.05) is 26.2 Å². The molecule has 0 aliphatic heterocycles. The highest BCUT2D eigenvalue weighted by atomic mass is 79.9. The molecule has 0 spiro atoms. The van der Waals surface area contributed by atoms with E-state index in [1.165, 1.54) is 4.90 Å². The molecule has 0 aliphatic rings. The summed E-state index contributed by atoms with van der Waals surface area (Å²) in [7, 11) is 0. The SMILES string of the molecule is CCNC(=O)CN(CC)C(=O)CNC(=O)c1cccc(Br)c1. The van der Waals surface area contributed by atoms with Gasteiger partial charge in [-0.25, -0.2) is 0 Å². The molecule has 7 heteroatoms. The predicted molar refractivity (Wildman–Crippen MR) is 87.4 cm³/mol. The molecule has 1 rings (SSSR count). The molecule has 1 aromatic rings. The number of halogens is 1. The van der Waals surface area contributed by atoms with Crippen LogP contribution in [0.5, 0.6) is 0 Å². The summed E-state index contributed by atoms with van der Waals surface area (Å²) in [5.74, 6) is -0.836. The van der Waals surface area contributed by atoms with Crippen LogP contribution in [-0.4, -0.2) is 48.8 Å². The number of nitrogens with zero attached hydrogens (tertiary/aromatic N) is 1. The summed E-state index contributed by atoms with van der Waals surface area (Å²) in [6.45, 7) is 4.38. The maximum absolute atomic E-state index is 12.0. The van der Waals surface area contributed by atoms with Gasteiger partial charge in [-0.15, -0.1) is 0 Å². The van der Waals surface area contributed by atoms with Gasteiger partial charge in [0.05, 0.1) is 13.1 Å². The molecule has 0 radical (unpaired) electrons. The molecule has 1 aromatic carbocycles. The van der Waals surface area contributed by atoms with Gasteiger partial charge in [0.15, 0.2) is 0 Å². The van der Waals surface area contributed by atoms with E-state index < -0.39 is 0 Å². The molecule has 0 bridgehead atoms. The maximum atomic E-state index is 12.0. The van der Waals surface area contributed by atoms with Crippen LogP contribution >= 0.6 is 15.9 Å². The van der Waals surface area contributed by atoms with Crippen LogP contribution in [0.3, 0.4) is 0 Å². The van der Waals surface area contributed by atoms with Gasteiger partial charge in [0, 0.05) is 23.1 Å². The Kier molecular flexibility index (Phi) is 7.59. The summed E-state index contributed by atoms with van der Waals surface area (Å²) >= 11 is 3.29. The van der Waals surface area contributed by atoms with Crippen molar-refractivity contribution in [1.82, 2.24) is 15.5 Å². The fraction of sp³-hybridized carbons (Fsp3) is 0.400. The lowest BCUT2D eigenvalue weighted by Crippen LogP contribution is -2.45. The molecule has 6 nitrogen and oxygen atoms in total. The molecule has 22 heavy (non-hydrogen) atoms. The molecular formula is C15H20BrN3O3. The number of carbonyl (C=O) groups is 3. The first-order chi connectivity index (χ1) is 10.5. The first kappa shape index (κ1) is 18.2. The van der Waals surface area contributed by atoms with Gasteiger partial charge in [-0.3, -0.25) is 14.4 Å². The molecule has 0 atom stereocenters. The number of likely N-dealkylation sites (N-methyl/N-ethyl adjacent to an activating group) is 2. The second-order valence-electron chi connectivity index (χ2n) is 4.55.